The Balaban J connectivity index is 1.85. The van der Waals surface area contributed by atoms with E-state index in [0.29, 0.717) is 35.3 Å². The third-order valence-corrected chi connectivity index (χ3v) is 4.49. The second-order valence-electron chi connectivity index (χ2n) is 6.06. The molecule has 3 aromatic rings. The van der Waals surface area contributed by atoms with E-state index in [4.69, 9.17) is 21.1 Å². The zero-order chi connectivity index (χ0) is 19.8. The number of hydrogen-bond acceptors (Lipinski definition) is 3. The van der Waals surface area contributed by atoms with E-state index in [9.17, 15) is 5.26 Å². The minimum atomic E-state index is 0.350. The first-order valence-electron chi connectivity index (χ1n) is 9.01. The molecular formula is C24H20ClNO2. The fourth-order valence-electron chi connectivity index (χ4n) is 2.74. The van der Waals surface area contributed by atoms with Crippen LogP contribution in [0.2, 0.25) is 5.02 Å². The topological polar surface area (TPSA) is 42.2 Å². The third-order valence-electron chi connectivity index (χ3n) is 4.12. The van der Waals surface area contributed by atoms with E-state index >= 15 is 0 Å². The van der Waals surface area contributed by atoms with Crippen molar-refractivity contribution in [3.63, 3.8) is 0 Å². The fraction of sp³-hybridized carbons (Fsp3) is 0.125. The predicted octanol–water partition coefficient (Wildman–Crippen LogP) is 6.38. The molecule has 0 aromatic heterocycles. The fourth-order valence-corrected chi connectivity index (χ4v) is 2.93. The molecule has 0 radical (unpaired) electrons. The van der Waals surface area contributed by atoms with Gasteiger partial charge in [0.05, 0.1) is 18.2 Å². The van der Waals surface area contributed by atoms with Crippen molar-refractivity contribution in [1.29, 1.82) is 5.26 Å². The van der Waals surface area contributed by atoms with Crippen molar-refractivity contribution in [3.05, 3.63) is 94.5 Å². The van der Waals surface area contributed by atoms with Crippen LogP contribution in [0.4, 0.5) is 0 Å². The number of nitrogens with zero attached hydrogens (tertiary/aromatic N) is 1. The zero-order valence-electron chi connectivity index (χ0n) is 15.6. The Morgan fingerprint density at radius 1 is 0.964 bits per heavy atom. The van der Waals surface area contributed by atoms with Crippen LogP contribution in [0, 0.1) is 11.3 Å². The molecule has 3 aromatic carbocycles. The molecule has 0 aliphatic rings. The third kappa shape index (κ3) is 4.94. The van der Waals surface area contributed by atoms with Gasteiger partial charge in [0.15, 0.2) is 11.5 Å². The Morgan fingerprint density at radius 2 is 1.71 bits per heavy atom. The molecular weight excluding hydrogens is 370 g/mol. The van der Waals surface area contributed by atoms with Crippen LogP contribution in [0.15, 0.2) is 72.8 Å². The van der Waals surface area contributed by atoms with Crippen molar-refractivity contribution in [1.82, 2.24) is 0 Å². The van der Waals surface area contributed by atoms with Gasteiger partial charge in [-0.3, -0.25) is 0 Å². The van der Waals surface area contributed by atoms with Gasteiger partial charge in [0, 0.05) is 10.6 Å². The number of nitriles is 1. The molecule has 0 aliphatic carbocycles. The molecule has 0 fully saturated rings. The monoisotopic (exact) mass is 389 g/mol. The smallest absolute Gasteiger partial charge is 0.161 e. The summed E-state index contributed by atoms with van der Waals surface area (Å²) in [5.74, 6) is 1.27. The van der Waals surface area contributed by atoms with Crippen LogP contribution in [0.25, 0.3) is 11.6 Å². The van der Waals surface area contributed by atoms with Crippen LogP contribution >= 0.6 is 11.6 Å². The van der Waals surface area contributed by atoms with E-state index in [1.165, 1.54) is 0 Å². The molecule has 28 heavy (non-hydrogen) atoms. The van der Waals surface area contributed by atoms with Crippen molar-refractivity contribution in [2.75, 3.05) is 6.61 Å². The lowest BCUT2D eigenvalue weighted by atomic mass is 10.0. The van der Waals surface area contributed by atoms with Crippen molar-refractivity contribution in [2.45, 2.75) is 13.5 Å². The first kappa shape index (κ1) is 19.5. The Labute approximate surface area is 170 Å². The van der Waals surface area contributed by atoms with Gasteiger partial charge in [0.25, 0.3) is 0 Å². The Bertz CT molecular complexity index is 1010. The normalized spacial score (nSPS) is 11.0. The van der Waals surface area contributed by atoms with Gasteiger partial charge in [-0.1, -0.05) is 66.2 Å². The summed E-state index contributed by atoms with van der Waals surface area (Å²) in [5, 5.41) is 10.2. The van der Waals surface area contributed by atoms with E-state index in [0.717, 1.165) is 16.7 Å². The van der Waals surface area contributed by atoms with Gasteiger partial charge in [0.2, 0.25) is 0 Å². The second kappa shape index (κ2) is 9.64. The Hall–Kier alpha value is -3.22. The summed E-state index contributed by atoms with van der Waals surface area (Å²) >= 11 is 6.20. The quantitative estimate of drug-likeness (QED) is 0.347. The van der Waals surface area contributed by atoms with E-state index in [1.54, 1.807) is 0 Å². The number of hydrogen-bond donors (Lipinski definition) is 0. The van der Waals surface area contributed by atoms with Crippen LogP contribution in [-0.2, 0) is 6.61 Å². The summed E-state index contributed by atoms with van der Waals surface area (Å²) in [6.45, 7) is 2.78. The Morgan fingerprint density at radius 3 is 2.43 bits per heavy atom. The van der Waals surface area contributed by atoms with Crippen molar-refractivity contribution in [3.8, 4) is 17.6 Å². The number of allylic oxidation sites excluding steroid dienone is 1. The average Bonchev–Trinajstić information content (AvgIpc) is 2.73. The number of rotatable bonds is 7. The van der Waals surface area contributed by atoms with Crippen LogP contribution < -0.4 is 9.47 Å². The highest BCUT2D eigenvalue weighted by molar-refractivity contribution is 6.31. The van der Waals surface area contributed by atoms with Crippen molar-refractivity contribution < 1.29 is 9.47 Å². The van der Waals surface area contributed by atoms with Gasteiger partial charge in [-0.15, -0.1) is 0 Å². The summed E-state index contributed by atoms with van der Waals surface area (Å²) in [5.41, 5.74) is 3.25. The first-order chi connectivity index (χ1) is 13.7. The van der Waals surface area contributed by atoms with Gasteiger partial charge >= 0.3 is 0 Å². The number of ether oxygens (including phenoxy) is 2. The lowest BCUT2D eigenvalue weighted by Gasteiger charge is -2.13. The van der Waals surface area contributed by atoms with Gasteiger partial charge < -0.3 is 9.47 Å². The van der Waals surface area contributed by atoms with Crippen LogP contribution in [0.1, 0.15) is 23.6 Å². The molecule has 0 unspecified atom stereocenters. The molecule has 0 atom stereocenters. The van der Waals surface area contributed by atoms with Gasteiger partial charge in [-0.05, 0) is 42.3 Å². The standard InChI is InChI=1S/C24H20ClNO2/c1-2-27-24-15-18(14-21(16-26)19-8-4-3-5-9-19)12-13-23(24)28-17-20-10-6-7-11-22(20)25/h3-15H,2,17H2,1H3/b21-14-. The van der Waals surface area contributed by atoms with E-state index in [-0.39, 0.29) is 0 Å². The number of halogens is 1. The highest BCUT2D eigenvalue weighted by Gasteiger charge is 2.09. The maximum absolute atomic E-state index is 9.52. The lowest BCUT2D eigenvalue weighted by Crippen LogP contribution is -2.00. The highest BCUT2D eigenvalue weighted by Crippen LogP contribution is 2.31. The van der Waals surface area contributed by atoms with Crippen LogP contribution in [0.5, 0.6) is 11.5 Å². The molecule has 140 valence electrons. The number of benzene rings is 3. The molecule has 0 heterocycles. The maximum atomic E-state index is 9.52. The van der Waals surface area contributed by atoms with E-state index in [2.05, 4.69) is 6.07 Å². The average molecular weight is 390 g/mol. The maximum Gasteiger partial charge on any atom is 0.161 e. The molecule has 0 aliphatic heterocycles. The highest BCUT2D eigenvalue weighted by atomic mass is 35.5. The first-order valence-corrected chi connectivity index (χ1v) is 9.39. The molecule has 4 heteroatoms. The zero-order valence-corrected chi connectivity index (χ0v) is 16.3. The van der Waals surface area contributed by atoms with Gasteiger partial charge in [0.1, 0.15) is 6.61 Å². The molecule has 0 spiro atoms. The van der Waals surface area contributed by atoms with Gasteiger partial charge in [-0.2, -0.15) is 5.26 Å². The Kier molecular flexibility index (Phi) is 6.73. The second-order valence-corrected chi connectivity index (χ2v) is 6.46. The molecule has 3 nitrogen and oxygen atoms in total. The SMILES string of the molecule is CCOc1cc(/C=C(/C#N)c2ccccc2)ccc1OCc1ccccc1Cl. The molecule has 3 rings (SSSR count). The van der Waals surface area contributed by atoms with Crippen LogP contribution in [-0.4, -0.2) is 6.61 Å². The molecule has 0 saturated carbocycles. The minimum absolute atomic E-state index is 0.350. The molecule has 0 bridgehead atoms. The molecule has 0 saturated heterocycles. The van der Waals surface area contributed by atoms with E-state index in [1.807, 2.05) is 85.8 Å². The molecule has 0 amide bonds. The van der Waals surface area contributed by atoms with Crippen LogP contribution in [0.3, 0.4) is 0 Å². The summed E-state index contributed by atoms with van der Waals surface area (Å²) in [6, 6.07) is 25.1. The summed E-state index contributed by atoms with van der Waals surface area (Å²) in [4.78, 5) is 0. The van der Waals surface area contributed by atoms with Gasteiger partial charge in [-0.25, -0.2) is 0 Å². The minimum Gasteiger partial charge on any atom is -0.490 e. The molecule has 0 N–H and O–H groups in total. The summed E-state index contributed by atoms with van der Waals surface area (Å²) in [6.07, 6.45) is 1.84. The summed E-state index contributed by atoms with van der Waals surface area (Å²) in [7, 11) is 0. The van der Waals surface area contributed by atoms with E-state index < -0.39 is 0 Å². The largest absolute Gasteiger partial charge is 0.490 e. The lowest BCUT2D eigenvalue weighted by molar-refractivity contribution is 0.269. The predicted molar refractivity (Wildman–Crippen MR) is 113 cm³/mol. The summed E-state index contributed by atoms with van der Waals surface area (Å²) < 4.78 is 11.7. The van der Waals surface area contributed by atoms with Crippen molar-refractivity contribution >= 4 is 23.3 Å². The van der Waals surface area contributed by atoms with Crippen molar-refractivity contribution in [2.24, 2.45) is 0 Å².